The summed E-state index contributed by atoms with van der Waals surface area (Å²) in [5.41, 5.74) is 8.53. The van der Waals surface area contributed by atoms with E-state index in [1.807, 2.05) is 13.8 Å². The molecule has 3 heterocycles. The third-order valence-electron chi connectivity index (χ3n) is 5.08. The maximum atomic E-state index is 12.1. The Bertz CT molecular complexity index is 804. The first-order valence-corrected chi connectivity index (χ1v) is 8.31. The third kappa shape index (κ3) is 2.44. The number of halogens is 1. The zero-order valence-corrected chi connectivity index (χ0v) is 16.0. The van der Waals surface area contributed by atoms with E-state index in [-0.39, 0.29) is 18.4 Å². The molecule has 3 aliphatic heterocycles. The highest BCUT2D eigenvalue weighted by Crippen LogP contribution is 2.43. The largest absolute Gasteiger partial charge is 0.461 e. The molecule has 5 heteroatoms. The molecule has 3 rings (SSSR count). The number of carbonyl (C=O) groups is 1. The third-order valence-corrected chi connectivity index (χ3v) is 5.08. The number of nitrogens with zero attached hydrogens (tertiary/aromatic N) is 2. The topological polar surface area (TPSA) is 44.1 Å². The molecular weight excluding hydrogens is 324 g/mol. The van der Waals surface area contributed by atoms with Gasteiger partial charge in [-0.2, -0.15) is 0 Å². The lowest BCUT2D eigenvalue weighted by atomic mass is 10.0. The van der Waals surface area contributed by atoms with Gasteiger partial charge in [-0.25, -0.2) is 9.78 Å². The fourth-order valence-corrected chi connectivity index (χ4v) is 4.01. The second kappa shape index (κ2) is 6.60. The highest BCUT2D eigenvalue weighted by Gasteiger charge is 2.31. The predicted octanol–water partition coefficient (Wildman–Crippen LogP) is 4.96. The van der Waals surface area contributed by atoms with Crippen molar-refractivity contribution < 1.29 is 9.53 Å². The van der Waals surface area contributed by atoms with Gasteiger partial charge in [0.05, 0.1) is 18.3 Å². The molecule has 130 valence electrons. The molecule has 0 radical (unpaired) electrons. The van der Waals surface area contributed by atoms with Crippen LogP contribution in [0.5, 0.6) is 0 Å². The van der Waals surface area contributed by atoms with Crippen molar-refractivity contribution in [2.75, 3.05) is 6.61 Å². The molecule has 1 atom stereocenters. The van der Waals surface area contributed by atoms with Crippen LogP contribution in [0.3, 0.4) is 0 Å². The molecule has 24 heavy (non-hydrogen) atoms. The molecule has 0 bridgehead atoms. The Labute approximate surface area is 149 Å². The molecule has 3 aliphatic rings. The Hall–Kier alpha value is -1.81. The van der Waals surface area contributed by atoms with Crippen LogP contribution in [0.2, 0.25) is 0 Å². The number of fused-ring (bicyclic) bond motifs is 2. The molecule has 0 saturated heterocycles. The van der Waals surface area contributed by atoms with Crippen LogP contribution in [-0.2, 0) is 4.74 Å². The Morgan fingerprint density at radius 2 is 1.96 bits per heavy atom. The molecule has 0 aliphatic carbocycles. The Kier molecular flexibility index (Phi) is 5.09. The minimum Gasteiger partial charge on any atom is -0.461 e. The van der Waals surface area contributed by atoms with Crippen molar-refractivity contribution in [3.05, 3.63) is 34.3 Å². The number of allylic oxidation sites excluding steroid dienone is 2. The van der Waals surface area contributed by atoms with Gasteiger partial charge in [0, 0.05) is 17.0 Å². The van der Waals surface area contributed by atoms with Gasteiger partial charge in [-0.15, -0.1) is 12.4 Å². The summed E-state index contributed by atoms with van der Waals surface area (Å²) in [5, 5.41) is 0. The van der Waals surface area contributed by atoms with Crippen LogP contribution in [0, 0.1) is 13.8 Å². The molecule has 0 amide bonds. The lowest BCUT2D eigenvalue weighted by molar-refractivity contribution is 0.0519. The summed E-state index contributed by atoms with van der Waals surface area (Å²) in [6.45, 7) is 12.9. The van der Waals surface area contributed by atoms with Crippen molar-refractivity contribution >= 4 is 23.9 Å². The second-order valence-electron chi connectivity index (χ2n) is 6.23. The van der Waals surface area contributed by atoms with Gasteiger partial charge in [0.25, 0.3) is 0 Å². The molecule has 0 aromatic rings. The van der Waals surface area contributed by atoms with Gasteiger partial charge < -0.3 is 9.30 Å². The van der Waals surface area contributed by atoms with Crippen LogP contribution < -0.4 is 0 Å². The van der Waals surface area contributed by atoms with E-state index in [0.29, 0.717) is 18.3 Å². The molecule has 0 N–H and O–H groups in total. The highest BCUT2D eigenvalue weighted by atomic mass is 35.5. The molecule has 0 spiro atoms. The number of esters is 1. The number of ether oxygens (including phenoxy) is 1. The van der Waals surface area contributed by atoms with Gasteiger partial charge >= 0.3 is 5.97 Å². The Balaban J connectivity index is 0.00000208. The van der Waals surface area contributed by atoms with Crippen molar-refractivity contribution in [1.82, 2.24) is 9.55 Å². The van der Waals surface area contributed by atoms with Gasteiger partial charge in [0.2, 0.25) is 0 Å². The summed E-state index contributed by atoms with van der Waals surface area (Å²) in [4.78, 5) is 16.7. The zero-order valence-electron chi connectivity index (χ0n) is 15.2. The summed E-state index contributed by atoms with van der Waals surface area (Å²) in [6.07, 6.45) is 1.05. The van der Waals surface area contributed by atoms with Crippen molar-refractivity contribution in [2.45, 2.75) is 54.0 Å². The maximum absolute atomic E-state index is 12.1. The number of aromatic nitrogens is 2. The van der Waals surface area contributed by atoms with E-state index in [2.05, 4.69) is 43.3 Å². The van der Waals surface area contributed by atoms with E-state index >= 15 is 0 Å². The zero-order chi connectivity index (χ0) is 16.9. The van der Waals surface area contributed by atoms with Gasteiger partial charge in [-0.05, 0) is 63.8 Å². The molecule has 0 saturated carbocycles. The molecule has 0 aromatic heterocycles. The normalized spacial score (nSPS) is 16.3. The van der Waals surface area contributed by atoms with Crippen molar-refractivity contribution in [2.24, 2.45) is 0 Å². The summed E-state index contributed by atoms with van der Waals surface area (Å²) < 4.78 is 7.51. The van der Waals surface area contributed by atoms with Crippen LogP contribution in [0.15, 0.2) is 11.6 Å². The number of pyridine rings is 1. The van der Waals surface area contributed by atoms with Crippen LogP contribution in [0.4, 0.5) is 0 Å². The minimum atomic E-state index is -0.333. The van der Waals surface area contributed by atoms with Crippen molar-refractivity contribution in [3.8, 4) is 11.3 Å². The Morgan fingerprint density at radius 1 is 1.29 bits per heavy atom. The Morgan fingerprint density at radius 3 is 2.54 bits per heavy atom. The average molecular weight is 349 g/mol. The van der Waals surface area contributed by atoms with Gasteiger partial charge in [0.15, 0.2) is 5.69 Å². The van der Waals surface area contributed by atoms with E-state index in [1.165, 1.54) is 22.5 Å². The number of hydrogen-bond acceptors (Lipinski definition) is 3. The molecule has 0 aromatic carbocycles. The van der Waals surface area contributed by atoms with E-state index in [4.69, 9.17) is 4.74 Å². The first-order chi connectivity index (χ1) is 10.9. The molecular formula is C19H25ClN2O2. The van der Waals surface area contributed by atoms with Crippen LogP contribution >= 0.6 is 12.4 Å². The molecule has 1 unspecified atom stereocenters. The van der Waals surface area contributed by atoms with Crippen molar-refractivity contribution in [3.63, 3.8) is 0 Å². The standard InChI is InChI=1S/C19H24N2O2.ClH/c1-7-14-10(3)16-9-15-17(13(6)21(16)12(14)5)11(4)18(20-15)19(22)23-8-2;/h9,12H,7-8H2,1-6H3;1H. The summed E-state index contributed by atoms with van der Waals surface area (Å²) in [7, 11) is 0. The number of rotatable bonds is 3. The monoisotopic (exact) mass is 348 g/mol. The first kappa shape index (κ1) is 18.5. The smallest absolute Gasteiger partial charge is 0.357 e. The summed E-state index contributed by atoms with van der Waals surface area (Å²) in [5.74, 6) is -0.333. The maximum Gasteiger partial charge on any atom is 0.357 e. The van der Waals surface area contributed by atoms with Gasteiger partial charge in [0.1, 0.15) is 0 Å². The average Bonchev–Trinajstić information content (AvgIpc) is 2.96. The lowest BCUT2D eigenvalue weighted by Crippen LogP contribution is -2.10. The van der Waals surface area contributed by atoms with Gasteiger partial charge in [-0.3, -0.25) is 0 Å². The van der Waals surface area contributed by atoms with E-state index in [0.717, 1.165) is 23.2 Å². The first-order valence-electron chi connectivity index (χ1n) is 8.31. The van der Waals surface area contributed by atoms with E-state index in [1.54, 1.807) is 0 Å². The molecule has 0 fully saturated rings. The fraction of sp³-hybridized carbons (Fsp3) is 0.474. The minimum absolute atomic E-state index is 0. The quantitative estimate of drug-likeness (QED) is 0.736. The number of carbonyl (C=O) groups excluding carboxylic acids is 1. The summed E-state index contributed by atoms with van der Waals surface area (Å²) in [6, 6.07) is 2.48. The van der Waals surface area contributed by atoms with E-state index < -0.39 is 0 Å². The van der Waals surface area contributed by atoms with Gasteiger partial charge in [-0.1, -0.05) is 6.92 Å². The molecule has 4 nitrogen and oxygen atoms in total. The predicted molar refractivity (Wildman–Crippen MR) is 99.1 cm³/mol. The van der Waals surface area contributed by atoms with Crippen LogP contribution in [0.1, 0.15) is 67.6 Å². The van der Waals surface area contributed by atoms with E-state index in [9.17, 15) is 4.79 Å². The SMILES string of the molecule is CCOC(=O)c1nc2cc3n(c(C)c-2c1C)C(C)C(CC)=C3C.Cl. The fourth-order valence-electron chi connectivity index (χ4n) is 4.01. The number of hydrogen-bond donors (Lipinski definition) is 0. The lowest BCUT2D eigenvalue weighted by Gasteiger charge is -2.20. The summed E-state index contributed by atoms with van der Waals surface area (Å²) >= 11 is 0. The van der Waals surface area contributed by atoms with Crippen molar-refractivity contribution in [1.29, 1.82) is 0 Å². The highest BCUT2D eigenvalue weighted by molar-refractivity contribution is 5.94. The second-order valence-corrected chi connectivity index (χ2v) is 6.23. The van der Waals surface area contributed by atoms with Crippen LogP contribution in [-0.4, -0.2) is 22.1 Å². The van der Waals surface area contributed by atoms with Crippen LogP contribution in [0.25, 0.3) is 16.8 Å².